The number of carboxylic acids is 1. The topological polar surface area (TPSA) is 180 Å². The molecule has 0 saturated heterocycles. The summed E-state index contributed by atoms with van der Waals surface area (Å²) in [5, 5.41) is 25.5. The highest BCUT2D eigenvalue weighted by molar-refractivity contribution is 6.09. The van der Waals surface area contributed by atoms with Crippen LogP contribution in [-0.2, 0) is 46.0 Å². The van der Waals surface area contributed by atoms with Gasteiger partial charge in [0, 0.05) is 66.1 Å². The molecule has 0 fully saturated rings. The molecule has 0 radical (unpaired) electrons. The highest BCUT2D eigenvalue weighted by Crippen LogP contribution is 2.51. The number of hydrogen-bond acceptors (Lipinski definition) is 7. The number of benzene rings is 5. The lowest BCUT2D eigenvalue weighted by Gasteiger charge is -2.39. The molecular formula is C57H62N7O7+. The SMILES string of the molecule is C[C@H](NC(=O)[C@@H]1CCCNC(=O)CC[N+]2=C(/C=C/C=C3/N(CCC(=O)N[C@@H](C)C(=O)N[C@@H]4Cc5ccccc5N1C4=O)c1ccc4ccccc4c1C3(C)C)C(C)(C)c1c2ccc2ccccc12)C(=O)O. The number of carboxylic acid groups (broad SMARTS) is 1. The third kappa shape index (κ3) is 9.07. The molecule has 4 heterocycles. The fraction of sp³-hybridized carbons (Fsp3) is 0.351. The van der Waals surface area contributed by atoms with E-state index in [1.54, 1.807) is 25.1 Å². The molecule has 71 heavy (non-hydrogen) atoms. The number of nitrogens with zero attached hydrogens (tertiary/aromatic N) is 3. The molecule has 366 valence electrons. The second-order valence-electron chi connectivity index (χ2n) is 20.2. The molecule has 4 atom stereocenters. The maximum atomic E-state index is 14.6. The van der Waals surface area contributed by atoms with Crippen molar-refractivity contribution in [1.82, 2.24) is 21.3 Å². The molecule has 4 aliphatic rings. The van der Waals surface area contributed by atoms with E-state index in [-0.39, 0.29) is 50.5 Å². The van der Waals surface area contributed by atoms with Crippen LogP contribution >= 0.6 is 0 Å². The van der Waals surface area contributed by atoms with E-state index in [9.17, 15) is 33.9 Å². The Kier molecular flexibility index (Phi) is 13.2. The van der Waals surface area contributed by atoms with Crippen LogP contribution in [0, 0.1) is 0 Å². The van der Waals surface area contributed by atoms with Gasteiger partial charge in [-0.05, 0) is 97.5 Å². The van der Waals surface area contributed by atoms with Crippen LogP contribution in [0.15, 0.2) is 121 Å². The molecule has 0 spiro atoms. The summed E-state index contributed by atoms with van der Waals surface area (Å²) in [4.78, 5) is 85.8. The van der Waals surface area contributed by atoms with E-state index in [1.807, 2.05) is 30.3 Å². The van der Waals surface area contributed by atoms with E-state index in [1.165, 1.54) is 17.4 Å². The molecule has 2 bridgehead atoms. The van der Waals surface area contributed by atoms with Crippen LogP contribution in [0.5, 0.6) is 0 Å². The van der Waals surface area contributed by atoms with E-state index in [0.717, 1.165) is 49.9 Å². The van der Waals surface area contributed by atoms with Gasteiger partial charge >= 0.3 is 5.97 Å². The molecule has 0 aromatic heterocycles. The van der Waals surface area contributed by atoms with Crippen LogP contribution in [0.1, 0.15) is 83.9 Å². The number of carbonyl (C=O) groups excluding carboxylic acids is 5. The number of rotatable bonds is 3. The Balaban J connectivity index is 1.10. The number of hydrogen-bond donors (Lipinski definition) is 5. The van der Waals surface area contributed by atoms with E-state index in [4.69, 9.17) is 0 Å². The summed E-state index contributed by atoms with van der Waals surface area (Å²) in [6.07, 6.45) is 7.04. The van der Waals surface area contributed by atoms with Crippen molar-refractivity contribution in [3.8, 4) is 0 Å². The first kappa shape index (κ1) is 48.4. The van der Waals surface area contributed by atoms with E-state index in [0.29, 0.717) is 24.3 Å². The van der Waals surface area contributed by atoms with Crippen LogP contribution in [-0.4, -0.2) is 94.7 Å². The molecule has 5 aromatic rings. The van der Waals surface area contributed by atoms with Crippen molar-refractivity contribution in [1.29, 1.82) is 0 Å². The molecule has 14 heteroatoms. The average molecular weight is 957 g/mol. The number of carbonyl (C=O) groups is 6. The molecule has 9 rings (SSSR count). The molecule has 14 nitrogen and oxygen atoms in total. The van der Waals surface area contributed by atoms with E-state index >= 15 is 0 Å². The lowest BCUT2D eigenvalue weighted by Crippen LogP contribution is -2.61. The molecule has 5 amide bonds. The lowest BCUT2D eigenvalue weighted by molar-refractivity contribution is -0.436. The Labute approximate surface area is 413 Å². The van der Waals surface area contributed by atoms with Gasteiger partial charge in [0.1, 0.15) is 24.2 Å². The summed E-state index contributed by atoms with van der Waals surface area (Å²) >= 11 is 0. The first-order valence-electron chi connectivity index (χ1n) is 24.6. The number of allylic oxidation sites excluding steroid dienone is 4. The van der Waals surface area contributed by atoms with Crippen molar-refractivity contribution in [2.75, 3.05) is 29.4 Å². The summed E-state index contributed by atoms with van der Waals surface area (Å²) in [5.41, 5.74) is 6.58. The lowest BCUT2D eigenvalue weighted by atomic mass is 9.79. The van der Waals surface area contributed by atoms with Gasteiger partial charge in [0.05, 0.1) is 11.8 Å². The number of para-hydroxylation sites is 1. The molecule has 4 aliphatic heterocycles. The quantitative estimate of drug-likeness (QED) is 0.122. The monoisotopic (exact) mass is 956 g/mol. The first-order chi connectivity index (χ1) is 34.0. The fourth-order valence-electron chi connectivity index (χ4n) is 11.2. The van der Waals surface area contributed by atoms with Crippen LogP contribution in [0.2, 0.25) is 0 Å². The van der Waals surface area contributed by atoms with Gasteiger partial charge in [-0.1, -0.05) is 92.7 Å². The predicted molar refractivity (Wildman–Crippen MR) is 276 cm³/mol. The van der Waals surface area contributed by atoms with Gasteiger partial charge in [0.2, 0.25) is 29.3 Å². The minimum absolute atomic E-state index is 0.0543. The largest absolute Gasteiger partial charge is 0.480 e. The zero-order valence-corrected chi connectivity index (χ0v) is 41.2. The Morgan fingerprint density at radius 1 is 0.789 bits per heavy atom. The number of aliphatic carboxylic acids is 1. The van der Waals surface area contributed by atoms with Gasteiger partial charge < -0.3 is 31.3 Å². The van der Waals surface area contributed by atoms with Crippen molar-refractivity contribution in [2.24, 2.45) is 0 Å². The first-order valence-corrected chi connectivity index (χ1v) is 24.6. The van der Waals surface area contributed by atoms with Crippen molar-refractivity contribution in [3.05, 3.63) is 138 Å². The third-order valence-corrected chi connectivity index (χ3v) is 14.8. The number of fused-ring (bicyclic) bond motifs is 13. The Morgan fingerprint density at radius 2 is 1.46 bits per heavy atom. The van der Waals surface area contributed by atoms with Crippen molar-refractivity contribution in [3.63, 3.8) is 0 Å². The molecule has 5 N–H and O–H groups in total. The van der Waals surface area contributed by atoms with Crippen molar-refractivity contribution in [2.45, 2.75) is 109 Å². The Hall–Kier alpha value is -7.61. The highest BCUT2D eigenvalue weighted by atomic mass is 16.4. The minimum Gasteiger partial charge on any atom is -0.480 e. The Morgan fingerprint density at radius 3 is 2.20 bits per heavy atom. The summed E-state index contributed by atoms with van der Waals surface area (Å²) in [6, 6.07) is 27.6. The number of anilines is 2. The number of nitrogens with one attached hydrogen (secondary N) is 4. The third-order valence-electron chi connectivity index (χ3n) is 14.8. The van der Waals surface area contributed by atoms with Gasteiger partial charge in [-0.25, -0.2) is 0 Å². The number of amides is 5. The van der Waals surface area contributed by atoms with Gasteiger partial charge in [-0.2, -0.15) is 4.58 Å². The van der Waals surface area contributed by atoms with Crippen LogP contribution in [0.3, 0.4) is 0 Å². The maximum absolute atomic E-state index is 14.6. The van der Waals surface area contributed by atoms with E-state index in [2.05, 4.69) is 125 Å². The normalized spacial score (nSPS) is 23.2. The zero-order valence-electron chi connectivity index (χ0n) is 41.2. The highest BCUT2D eigenvalue weighted by Gasteiger charge is 2.47. The maximum Gasteiger partial charge on any atom is 0.325 e. The Bertz CT molecular complexity index is 3110. The summed E-state index contributed by atoms with van der Waals surface area (Å²) in [5.74, 6) is -3.61. The van der Waals surface area contributed by atoms with Crippen LogP contribution in [0.4, 0.5) is 17.1 Å². The second-order valence-corrected chi connectivity index (χ2v) is 20.2. The zero-order chi connectivity index (χ0) is 50.4. The van der Waals surface area contributed by atoms with Gasteiger partial charge in [0.25, 0.3) is 5.91 Å². The van der Waals surface area contributed by atoms with Crippen LogP contribution < -0.4 is 31.1 Å². The fourth-order valence-corrected chi connectivity index (χ4v) is 11.2. The minimum atomic E-state index is -1.26. The molecule has 0 saturated carbocycles. The summed E-state index contributed by atoms with van der Waals surface area (Å²) in [6.45, 7) is 12.6. The standard InChI is InChI=1S/C57H61N7O7/c1-34-52(67)61-41-33-38-17-9-12-20-42(38)64(54(41)69)45(53(68)60-35(2)55(70)71)21-14-30-58-48(65)28-31-62-43-26-24-36-15-7-10-18-39(36)50(43)56(3,4)46(62)22-13-23-47-57(5,6)51-40-19-11-8-16-37(40)25-27-44(51)63(47)32-29-49(66)59-34/h7-13,15-20,22-27,34-35,41,45H,14,21,28-33H2,1-6H3,(H4-,58,59,60,61,65,66,67,68,70,71)/p+1/t34-,35-,41+,45-/m0/s1. The van der Waals surface area contributed by atoms with Crippen molar-refractivity contribution >= 4 is 79.8 Å². The van der Waals surface area contributed by atoms with Gasteiger partial charge in [-0.15, -0.1) is 0 Å². The predicted octanol–water partition coefficient (Wildman–Crippen LogP) is 6.83. The molecule has 0 unspecified atom stereocenters. The van der Waals surface area contributed by atoms with Crippen LogP contribution in [0.25, 0.3) is 21.5 Å². The van der Waals surface area contributed by atoms with Gasteiger partial charge in [-0.3, -0.25) is 33.7 Å². The smallest absolute Gasteiger partial charge is 0.325 e. The average Bonchev–Trinajstić information content (AvgIpc) is 3.70. The summed E-state index contributed by atoms with van der Waals surface area (Å²) in [7, 11) is 0. The molecular weight excluding hydrogens is 895 g/mol. The summed E-state index contributed by atoms with van der Waals surface area (Å²) < 4.78 is 2.23. The molecule has 0 aliphatic carbocycles. The molecule has 5 aromatic carbocycles. The van der Waals surface area contributed by atoms with Crippen molar-refractivity contribution < 1.29 is 38.4 Å². The van der Waals surface area contributed by atoms with E-state index < -0.39 is 58.7 Å². The van der Waals surface area contributed by atoms with Gasteiger partial charge in [0.15, 0.2) is 12.3 Å². The second kappa shape index (κ2) is 19.3.